The smallest absolute Gasteiger partial charge is 0.165 e. The Labute approximate surface area is 129 Å². The molecule has 0 atom stereocenters. The van der Waals surface area contributed by atoms with Gasteiger partial charge in [-0.3, -0.25) is 9.59 Å². The van der Waals surface area contributed by atoms with Crippen molar-refractivity contribution in [1.82, 2.24) is 0 Å². The topological polar surface area (TPSA) is 43.4 Å². The zero-order valence-electron chi connectivity index (χ0n) is 14.2. The predicted octanol–water partition coefficient (Wildman–Crippen LogP) is 4.62. The van der Waals surface area contributed by atoms with Gasteiger partial charge in [-0.1, -0.05) is 39.2 Å². The average molecular weight is 294 g/mol. The highest BCUT2D eigenvalue weighted by molar-refractivity contribution is 6.08. The molecule has 1 rings (SSSR count). The summed E-state index contributed by atoms with van der Waals surface area (Å²) in [6, 6.07) is 0. The van der Waals surface area contributed by atoms with Crippen LogP contribution in [-0.2, 0) is 14.3 Å². The number of carbonyl (C=O) groups is 2. The average Bonchev–Trinajstić information content (AvgIpc) is 2.54. The van der Waals surface area contributed by atoms with Crippen LogP contribution >= 0.6 is 0 Å². The van der Waals surface area contributed by atoms with Crippen molar-refractivity contribution in [1.29, 1.82) is 0 Å². The van der Waals surface area contributed by atoms with Gasteiger partial charge in [0, 0.05) is 5.92 Å². The van der Waals surface area contributed by atoms with Crippen LogP contribution < -0.4 is 0 Å². The first-order valence-electron chi connectivity index (χ1n) is 7.99. The van der Waals surface area contributed by atoms with Crippen LogP contribution in [0, 0.1) is 5.92 Å². The molecule has 1 fully saturated rings. The Hall–Kier alpha value is -1.38. The summed E-state index contributed by atoms with van der Waals surface area (Å²) in [5.41, 5.74) is 0.612. The summed E-state index contributed by atoms with van der Waals surface area (Å²) in [6.45, 7) is 7.57. The van der Waals surface area contributed by atoms with E-state index in [1.54, 1.807) is 26.2 Å². The van der Waals surface area contributed by atoms with Crippen LogP contribution in [0.2, 0.25) is 0 Å². The van der Waals surface area contributed by atoms with E-state index in [1.165, 1.54) is 6.42 Å². The molecule has 3 nitrogen and oxygen atoms in total. The SMILES string of the molecule is CC.CO/C(C)=C/C=C(\C)C(=O)CC(=O)C1CCCCC1. The molecule has 0 bridgehead atoms. The van der Waals surface area contributed by atoms with E-state index >= 15 is 0 Å². The first kappa shape index (κ1) is 19.6. The Kier molecular flexibility index (Phi) is 10.6. The second kappa shape index (κ2) is 11.3. The van der Waals surface area contributed by atoms with Crippen molar-refractivity contribution in [2.45, 2.75) is 66.2 Å². The van der Waals surface area contributed by atoms with Crippen molar-refractivity contribution in [3.05, 3.63) is 23.5 Å². The van der Waals surface area contributed by atoms with Crippen molar-refractivity contribution >= 4 is 11.6 Å². The molecule has 0 N–H and O–H groups in total. The van der Waals surface area contributed by atoms with Crippen LogP contribution in [0.15, 0.2) is 23.5 Å². The number of hydrogen-bond acceptors (Lipinski definition) is 3. The minimum absolute atomic E-state index is 0.0485. The van der Waals surface area contributed by atoms with E-state index in [0.717, 1.165) is 31.4 Å². The Morgan fingerprint density at radius 1 is 1.05 bits per heavy atom. The van der Waals surface area contributed by atoms with Gasteiger partial charge in [0.25, 0.3) is 0 Å². The maximum Gasteiger partial charge on any atom is 0.165 e. The van der Waals surface area contributed by atoms with Crippen LogP contribution in [0.25, 0.3) is 0 Å². The minimum atomic E-state index is -0.0734. The highest BCUT2D eigenvalue weighted by Crippen LogP contribution is 2.25. The third kappa shape index (κ3) is 7.84. The van der Waals surface area contributed by atoms with Gasteiger partial charge in [-0.25, -0.2) is 0 Å². The van der Waals surface area contributed by atoms with Gasteiger partial charge >= 0.3 is 0 Å². The summed E-state index contributed by atoms with van der Waals surface area (Å²) in [4.78, 5) is 24.0. The Morgan fingerprint density at radius 3 is 2.14 bits per heavy atom. The van der Waals surface area contributed by atoms with Crippen LogP contribution in [0.3, 0.4) is 0 Å². The molecule has 0 aromatic rings. The number of allylic oxidation sites excluding steroid dienone is 4. The lowest BCUT2D eigenvalue weighted by atomic mass is 9.84. The maximum atomic E-state index is 12.0. The molecule has 1 aliphatic carbocycles. The molecule has 0 amide bonds. The minimum Gasteiger partial charge on any atom is -0.501 e. The third-order valence-electron chi connectivity index (χ3n) is 3.73. The molecule has 0 saturated heterocycles. The summed E-state index contributed by atoms with van der Waals surface area (Å²) in [5.74, 6) is 0.896. The summed E-state index contributed by atoms with van der Waals surface area (Å²) in [6.07, 6.45) is 8.89. The molecule has 0 heterocycles. The van der Waals surface area contributed by atoms with Crippen molar-refractivity contribution in [2.24, 2.45) is 5.92 Å². The third-order valence-corrected chi connectivity index (χ3v) is 3.73. The van der Waals surface area contributed by atoms with Gasteiger partial charge in [-0.15, -0.1) is 0 Å². The number of Topliss-reactive ketones (excluding diaryl/α,β-unsaturated/α-hetero) is 2. The lowest BCUT2D eigenvalue weighted by Gasteiger charge is -2.19. The fourth-order valence-electron chi connectivity index (χ4n) is 2.27. The van der Waals surface area contributed by atoms with E-state index in [-0.39, 0.29) is 23.9 Å². The number of methoxy groups -OCH3 is 1. The van der Waals surface area contributed by atoms with Crippen molar-refractivity contribution in [3.8, 4) is 0 Å². The zero-order chi connectivity index (χ0) is 16.3. The predicted molar refractivity (Wildman–Crippen MR) is 87.1 cm³/mol. The van der Waals surface area contributed by atoms with Gasteiger partial charge in [0.15, 0.2) is 5.78 Å². The van der Waals surface area contributed by atoms with E-state index in [0.29, 0.717) is 5.57 Å². The maximum absolute atomic E-state index is 12.0. The zero-order valence-corrected chi connectivity index (χ0v) is 14.2. The number of rotatable bonds is 6. The van der Waals surface area contributed by atoms with Gasteiger partial charge in [-0.05, 0) is 38.3 Å². The highest BCUT2D eigenvalue weighted by Gasteiger charge is 2.23. The lowest BCUT2D eigenvalue weighted by molar-refractivity contribution is -0.128. The first-order chi connectivity index (χ1) is 10.0. The van der Waals surface area contributed by atoms with Gasteiger partial charge in [-0.2, -0.15) is 0 Å². The molecule has 0 aromatic heterocycles. The second-order valence-electron chi connectivity index (χ2n) is 5.23. The van der Waals surface area contributed by atoms with E-state index in [4.69, 9.17) is 4.74 Å². The molecule has 0 radical (unpaired) electrons. The van der Waals surface area contributed by atoms with Crippen LogP contribution in [0.1, 0.15) is 66.2 Å². The molecule has 0 unspecified atom stereocenters. The normalized spacial score (nSPS) is 16.8. The highest BCUT2D eigenvalue weighted by atomic mass is 16.5. The Balaban J connectivity index is 0.00000191. The molecule has 21 heavy (non-hydrogen) atoms. The Morgan fingerprint density at radius 2 is 1.62 bits per heavy atom. The van der Waals surface area contributed by atoms with E-state index in [9.17, 15) is 9.59 Å². The Bertz CT molecular complexity index is 385. The number of carbonyl (C=O) groups excluding carboxylic acids is 2. The molecule has 120 valence electrons. The summed E-state index contributed by atoms with van der Waals surface area (Å²) < 4.78 is 4.99. The number of hydrogen-bond donors (Lipinski definition) is 0. The largest absolute Gasteiger partial charge is 0.501 e. The van der Waals surface area contributed by atoms with Crippen LogP contribution in [-0.4, -0.2) is 18.7 Å². The summed E-state index contributed by atoms with van der Waals surface area (Å²) >= 11 is 0. The van der Waals surface area contributed by atoms with Crippen molar-refractivity contribution in [3.63, 3.8) is 0 Å². The molecule has 0 spiro atoms. The summed E-state index contributed by atoms with van der Waals surface area (Å²) in [7, 11) is 1.59. The van der Waals surface area contributed by atoms with Crippen LogP contribution in [0.5, 0.6) is 0 Å². The van der Waals surface area contributed by atoms with Gasteiger partial charge in [0.05, 0.1) is 19.3 Å². The lowest BCUT2D eigenvalue weighted by Crippen LogP contribution is -2.20. The van der Waals surface area contributed by atoms with Crippen molar-refractivity contribution in [2.75, 3.05) is 7.11 Å². The monoisotopic (exact) mass is 294 g/mol. The molecule has 3 heteroatoms. The van der Waals surface area contributed by atoms with Crippen LogP contribution in [0.4, 0.5) is 0 Å². The second-order valence-corrected chi connectivity index (χ2v) is 5.23. The van der Waals surface area contributed by atoms with E-state index in [2.05, 4.69) is 0 Å². The van der Waals surface area contributed by atoms with E-state index in [1.807, 2.05) is 20.8 Å². The number of ketones is 2. The van der Waals surface area contributed by atoms with Gasteiger partial charge in [0.1, 0.15) is 5.78 Å². The standard InChI is InChI=1S/C16H24O3.C2H6/c1-12(9-10-13(2)19-3)15(17)11-16(18)14-7-5-4-6-8-14;1-2/h9-10,14H,4-8,11H2,1-3H3;1-2H3/b12-9+,13-10+;. The molecular formula is C18H30O3. The molecule has 0 aromatic carbocycles. The van der Waals surface area contributed by atoms with Gasteiger partial charge < -0.3 is 4.74 Å². The molecule has 1 saturated carbocycles. The molecule has 0 aliphatic heterocycles. The van der Waals surface area contributed by atoms with Gasteiger partial charge in [0.2, 0.25) is 0 Å². The fourth-order valence-corrected chi connectivity index (χ4v) is 2.27. The number of ether oxygens (including phenoxy) is 1. The molecular weight excluding hydrogens is 264 g/mol. The fraction of sp³-hybridized carbons (Fsp3) is 0.667. The van der Waals surface area contributed by atoms with E-state index < -0.39 is 0 Å². The quantitative estimate of drug-likeness (QED) is 0.311. The van der Waals surface area contributed by atoms with Crippen molar-refractivity contribution < 1.29 is 14.3 Å². The summed E-state index contributed by atoms with van der Waals surface area (Å²) in [5, 5.41) is 0. The molecule has 1 aliphatic rings. The first-order valence-corrected chi connectivity index (χ1v) is 7.99.